The van der Waals surface area contributed by atoms with Gasteiger partial charge in [0.05, 0.1) is 12.1 Å². The van der Waals surface area contributed by atoms with Gasteiger partial charge in [-0.1, -0.05) is 11.6 Å². The summed E-state index contributed by atoms with van der Waals surface area (Å²) < 4.78 is 42.4. The molecule has 3 N–H and O–H groups in total. The van der Waals surface area contributed by atoms with E-state index in [9.17, 15) is 18.0 Å². The van der Waals surface area contributed by atoms with Crippen LogP contribution in [0.15, 0.2) is 12.3 Å². The number of rotatable bonds is 7. The second kappa shape index (κ2) is 8.19. The fraction of sp³-hybridized carbons (Fsp3) is 0.538. The molecule has 0 radical (unpaired) electrons. The molecule has 1 aromatic rings. The van der Waals surface area contributed by atoms with Crippen molar-refractivity contribution in [3.63, 3.8) is 0 Å². The molecule has 124 valence electrons. The topological polar surface area (TPSA) is 77.2 Å². The molecule has 5 nitrogen and oxygen atoms in total. The van der Waals surface area contributed by atoms with Crippen LogP contribution in [0.5, 0.6) is 5.88 Å². The molecule has 0 aromatic carbocycles. The van der Waals surface area contributed by atoms with Crippen molar-refractivity contribution in [2.24, 2.45) is 5.73 Å². The number of hydrogen-bond donors (Lipinski definition) is 2. The highest BCUT2D eigenvalue weighted by Crippen LogP contribution is 2.32. The minimum absolute atomic E-state index is 0.0437. The largest absolute Gasteiger partial charge is 0.475 e. The van der Waals surface area contributed by atoms with Crippen molar-refractivity contribution in [3.8, 4) is 5.88 Å². The van der Waals surface area contributed by atoms with Crippen LogP contribution in [-0.2, 0) is 11.0 Å². The first-order valence-corrected chi connectivity index (χ1v) is 6.95. The summed E-state index contributed by atoms with van der Waals surface area (Å²) in [6, 6.07) is 0.683. The van der Waals surface area contributed by atoms with Crippen molar-refractivity contribution in [1.29, 1.82) is 0 Å². The summed E-state index contributed by atoms with van der Waals surface area (Å²) in [7, 11) is 0. The Morgan fingerprint density at radius 3 is 2.77 bits per heavy atom. The molecule has 0 fully saturated rings. The zero-order valence-corrected chi connectivity index (χ0v) is 12.7. The number of halogens is 4. The zero-order valence-electron chi connectivity index (χ0n) is 11.9. The Balaban J connectivity index is 2.38. The lowest BCUT2D eigenvalue weighted by Gasteiger charge is -2.11. The predicted octanol–water partition coefficient (Wildman–Crippen LogP) is 2.38. The highest BCUT2D eigenvalue weighted by Gasteiger charge is 2.31. The smallest absolute Gasteiger partial charge is 0.417 e. The Morgan fingerprint density at radius 2 is 2.23 bits per heavy atom. The maximum atomic E-state index is 12.4. The third-order valence-electron chi connectivity index (χ3n) is 2.62. The Labute approximate surface area is 131 Å². The number of amides is 1. The number of aromatic nitrogens is 1. The van der Waals surface area contributed by atoms with Gasteiger partial charge in [-0.05, 0) is 19.4 Å². The number of carbonyl (C=O) groups is 1. The molecule has 22 heavy (non-hydrogen) atoms. The molecule has 0 spiro atoms. The van der Waals surface area contributed by atoms with Gasteiger partial charge in [-0.25, -0.2) is 4.98 Å². The molecule has 9 heteroatoms. The van der Waals surface area contributed by atoms with Crippen molar-refractivity contribution in [3.05, 3.63) is 22.8 Å². The van der Waals surface area contributed by atoms with Gasteiger partial charge in [0.15, 0.2) is 0 Å². The molecular weight excluding hydrogens is 323 g/mol. The van der Waals surface area contributed by atoms with Crippen molar-refractivity contribution >= 4 is 17.5 Å². The average molecular weight is 340 g/mol. The van der Waals surface area contributed by atoms with Crippen LogP contribution in [-0.4, -0.2) is 30.1 Å². The number of alkyl halides is 3. The van der Waals surface area contributed by atoms with Crippen LogP contribution in [0.4, 0.5) is 13.2 Å². The lowest BCUT2D eigenvalue weighted by Crippen LogP contribution is -2.29. The van der Waals surface area contributed by atoms with Crippen LogP contribution in [0.3, 0.4) is 0 Å². The third-order valence-corrected chi connectivity index (χ3v) is 2.90. The first-order chi connectivity index (χ1) is 10.2. The Kier molecular flexibility index (Phi) is 6.89. The molecule has 1 aromatic heterocycles. The molecule has 1 amide bonds. The minimum Gasteiger partial charge on any atom is -0.475 e. The maximum Gasteiger partial charge on any atom is 0.417 e. The summed E-state index contributed by atoms with van der Waals surface area (Å²) in [5.74, 6) is -0.285. The van der Waals surface area contributed by atoms with Gasteiger partial charge < -0.3 is 15.8 Å². The highest BCUT2D eigenvalue weighted by atomic mass is 35.5. The second-order valence-corrected chi connectivity index (χ2v) is 5.13. The van der Waals surface area contributed by atoms with Gasteiger partial charge in [-0.2, -0.15) is 13.2 Å². The van der Waals surface area contributed by atoms with Gasteiger partial charge in [0, 0.05) is 18.7 Å². The lowest BCUT2D eigenvalue weighted by molar-refractivity contribution is -0.137. The zero-order chi connectivity index (χ0) is 16.8. The van der Waals surface area contributed by atoms with E-state index in [1.165, 1.54) is 0 Å². The maximum absolute atomic E-state index is 12.4. The molecule has 0 aliphatic carbocycles. The van der Waals surface area contributed by atoms with E-state index < -0.39 is 11.7 Å². The summed E-state index contributed by atoms with van der Waals surface area (Å²) >= 11 is 5.67. The van der Waals surface area contributed by atoms with Crippen LogP contribution in [0, 0.1) is 0 Å². The molecule has 0 aliphatic rings. The number of hydrogen-bond acceptors (Lipinski definition) is 4. The molecule has 1 unspecified atom stereocenters. The van der Waals surface area contributed by atoms with E-state index in [0.717, 1.165) is 6.07 Å². The SMILES string of the molecule is CC(N)CCC(=O)NCCOc1ncc(C(F)(F)F)cc1Cl. The van der Waals surface area contributed by atoms with Gasteiger partial charge in [-0.15, -0.1) is 0 Å². The van der Waals surface area contributed by atoms with Gasteiger partial charge >= 0.3 is 6.18 Å². The number of ether oxygens (including phenoxy) is 1. The number of nitrogens with two attached hydrogens (primary N) is 1. The molecule has 0 bridgehead atoms. The summed E-state index contributed by atoms with van der Waals surface area (Å²) in [6.45, 7) is 2.04. The lowest BCUT2D eigenvalue weighted by atomic mass is 10.2. The van der Waals surface area contributed by atoms with Crippen molar-refractivity contribution < 1.29 is 22.7 Å². The van der Waals surface area contributed by atoms with Crippen LogP contribution in [0.25, 0.3) is 0 Å². The van der Waals surface area contributed by atoms with E-state index in [-0.39, 0.29) is 36.0 Å². The molecule has 1 rings (SSSR count). The number of nitrogens with zero attached hydrogens (tertiary/aromatic N) is 1. The monoisotopic (exact) mass is 339 g/mol. The normalized spacial score (nSPS) is 12.8. The fourth-order valence-electron chi connectivity index (χ4n) is 1.47. The van der Waals surface area contributed by atoms with E-state index in [4.69, 9.17) is 22.1 Å². The summed E-state index contributed by atoms with van der Waals surface area (Å²) in [5, 5.41) is 2.36. The second-order valence-electron chi connectivity index (χ2n) is 4.72. The quantitative estimate of drug-likeness (QED) is 0.748. The first kappa shape index (κ1) is 18.5. The van der Waals surface area contributed by atoms with Gasteiger partial charge in [0.1, 0.15) is 11.6 Å². The van der Waals surface area contributed by atoms with Crippen molar-refractivity contribution in [2.75, 3.05) is 13.2 Å². The van der Waals surface area contributed by atoms with Crippen LogP contribution >= 0.6 is 11.6 Å². The molecular formula is C13H17ClF3N3O2. The first-order valence-electron chi connectivity index (χ1n) is 6.58. The van der Waals surface area contributed by atoms with Gasteiger partial charge in [0.2, 0.25) is 11.8 Å². The average Bonchev–Trinajstić information content (AvgIpc) is 2.41. The summed E-state index contributed by atoms with van der Waals surface area (Å²) in [6.07, 6.45) is -3.00. The van der Waals surface area contributed by atoms with E-state index in [0.29, 0.717) is 19.0 Å². The van der Waals surface area contributed by atoms with E-state index in [1.807, 2.05) is 0 Å². The molecule has 1 atom stereocenters. The molecule has 1 heterocycles. The van der Waals surface area contributed by atoms with E-state index in [2.05, 4.69) is 10.3 Å². The summed E-state index contributed by atoms with van der Waals surface area (Å²) in [4.78, 5) is 14.9. The number of carbonyl (C=O) groups excluding carboxylic acids is 1. The predicted molar refractivity (Wildman–Crippen MR) is 75.6 cm³/mol. The molecule has 0 aliphatic heterocycles. The Morgan fingerprint density at radius 1 is 1.55 bits per heavy atom. The minimum atomic E-state index is -4.51. The molecule has 0 saturated carbocycles. The number of pyridine rings is 1. The van der Waals surface area contributed by atoms with E-state index in [1.54, 1.807) is 6.92 Å². The van der Waals surface area contributed by atoms with Crippen LogP contribution < -0.4 is 15.8 Å². The standard InChI is InChI=1S/C13H17ClF3N3O2/c1-8(18)2-3-11(21)19-4-5-22-12-10(14)6-9(7-20-12)13(15,16)17/h6-8H,2-5,18H2,1H3,(H,19,21). The van der Waals surface area contributed by atoms with Gasteiger partial charge in [-0.3, -0.25) is 4.79 Å². The Bertz CT molecular complexity index is 510. The van der Waals surface area contributed by atoms with Crippen molar-refractivity contribution in [2.45, 2.75) is 32.0 Å². The van der Waals surface area contributed by atoms with Gasteiger partial charge in [0.25, 0.3) is 0 Å². The van der Waals surface area contributed by atoms with Crippen LogP contribution in [0.2, 0.25) is 5.02 Å². The molecule has 0 saturated heterocycles. The Hall–Kier alpha value is -1.54. The third kappa shape index (κ3) is 6.48. The van der Waals surface area contributed by atoms with Crippen LogP contribution in [0.1, 0.15) is 25.3 Å². The fourth-order valence-corrected chi connectivity index (χ4v) is 1.69. The van der Waals surface area contributed by atoms with Crippen molar-refractivity contribution in [1.82, 2.24) is 10.3 Å². The highest BCUT2D eigenvalue weighted by molar-refractivity contribution is 6.31. The summed E-state index contributed by atoms with van der Waals surface area (Å²) in [5.41, 5.74) is 4.57. The number of nitrogens with one attached hydrogen (secondary N) is 1. The van der Waals surface area contributed by atoms with E-state index >= 15 is 0 Å².